The van der Waals surface area contributed by atoms with E-state index in [0.29, 0.717) is 17.7 Å². The quantitative estimate of drug-likeness (QED) is 0.479. The monoisotopic (exact) mass is 286 g/mol. The number of hydrogen-bond acceptors (Lipinski definition) is 5. The second kappa shape index (κ2) is 6.04. The number of hydrogen-bond donors (Lipinski definition) is 0. The van der Waals surface area contributed by atoms with Crippen molar-refractivity contribution < 1.29 is 14.5 Å². The van der Waals surface area contributed by atoms with Gasteiger partial charge in [0.1, 0.15) is 5.75 Å². The zero-order chi connectivity index (χ0) is 15.4. The fourth-order valence-corrected chi connectivity index (χ4v) is 1.98. The predicted octanol–water partition coefficient (Wildman–Crippen LogP) is 3.18. The van der Waals surface area contributed by atoms with Crippen LogP contribution in [0, 0.1) is 10.1 Å². The van der Waals surface area contributed by atoms with Gasteiger partial charge in [0.2, 0.25) is 0 Å². The van der Waals surface area contributed by atoms with Crippen LogP contribution in [0.4, 0.5) is 17.1 Å². The number of methoxy groups -OCH3 is 1. The van der Waals surface area contributed by atoms with Crippen LogP contribution in [0.2, 0.25) is 0 Å². The van der Waals surface area contributed by atoms with Gasteiger partial charge in [-0.05, 0) is 24.3 Å². The van der Waals surface area contributed by atoms with Gasteiger partial charge in [-0.1, -0.05) is 6.07 Å². The first kappa shape index (κ1) is 14.5. The maximum absolute atomic E-state index is 11.0. The molecule has 21 heavy (non-hydrogen) atoms. The van der Waals surface area contributed by atoms with Gasteiger partial charge in [-0.25, -0.2) is 0 Å². The number of nitro benzene ring substituents is 1. The SMILES string of the molecule is COc1cccc(N(C)c2ccc([N+](=O)[O-])c(C=O)c2)c1. The molecular formula is C15H14N2O4. The molecule has 0 aromatic heterocycles. The van der Waals surface area contributed by atoms with Gasteiger partial charge in [0.25, 0.3) is 5.69 Å². The van der Waals surface area contributed by atoms with E-state index in [2.05, 4.69) is 0 Å². The van der Waals surface area contributed by atoms with Crippen LogP contribution in [0.25, 0.3) is 0 Å². The summed E-state index contributed by atoms with van der Waals surface area (Å²) in [6, 6.07) is 11.8. The van der Waals surface area contributed by atoms with Crippen LogP contribution in [-0.2, 0) is 0 Å². The van der Waals surface area contributed by atoms with E-state index in [1.54, 1.807) is 13.2 Å². The van der Waals surface area contributed by atoms with E-state index in [4.69, 9.17) is 4.74 Å². The summed E-state index contributed by atoms with van der Waals surface area (Å²) in [5, 5.41) is 10.8. The third-order valence-electron chi connectivity index (χ3n) is 3.16. The molecule has 0 aliphatic rings. The molecular weight excluding hydrogens is 272 g/mol. The highest BCUT2D eigenvalue weighted by Gasteiger charge is 2.15. The van der Waals surface area contributed by atoms with Crippen LogP contribution in [0.1, 0.15) is 10.4 Å². The van der Waals surface area contributed by atoms with E-state index in [1.165, 1.54) is 12.1 Å². The molecule has 0 saturated carbocycles. The maximum Gasteiger partial charge on any atom is 0.280 e. The molecule has 0 unspecified atom stereocenters. The van der Waals surface area contributed by atoms with Crippen molar-refractivity contribution in [2.45, 2.75) is 0 Å². The molecule has 0 bridgehead atoms. The number of ether oxygens (including phenoxy) is 1. The number of benzene rings is 2. The first-order valence-electron chi connectivity index (χ1n) is 6.18. The van der Waals surface area contributed by atoms with Crippen molar-refractivity contribution >= 4 is 23.3 Å². The largest absolute Gasteiger partial charge is 0.497 e. The topological polar surface area (TPSA) is 72.7 Å². The molecule has 2 aromatic rings. The zero-order valence-electron chi connectivity index (χ0n) is 11.6. The van der Waals surface area contributed by atoms with Crippen LogP contribution < -0.4 is 9.64 Å². The molecule has 0 radical (unpaired) electrons. The van der Waals surface area contributed by atoms with E-state index in [-0.39, 0.29) is 11.3 Å². The van der Waals surface area contributed by atoms with Gasteiger partial charge < -0.3 is 9.64 Å². The van der Waals surface area contributed by atoms with Crippen molar-refractivity contribution in [2.75, 3.05) is 19.1 Å². The Hall–Kier alpha value is -2.89. The van der Waals surface area contributed by atoms with Gasteiger partial charge in [0.05, 0.1) is 17.6 Å². The van der Waals surface area contributed by atoms with Crippen LogP contribution in [0.15, 0.2) is 42.5 Å². The third-order valence-corrected chi connectivity index (χ3v) is 3.16. The summed E-state index contributed by atoms with van der Waals surface area (Å²) in [5.41, 5.74) is 1.37. The minimum absolute atomic E-state index is 0.0484. The van der Waals surface area contributed by atoms with E-state index in [1.807, 2.05) is 36.2 Å². The average Bonchev–Trinajstić information content (AvgIpc) is 2.53. The van der Waals surface area contributed by atoms with Gasteiger partial charge in [0.15, 0.2) is 6.29 Å². The molecule has 0 heterocycles. The number of rotatable bonds is 5. The number of anilines is 2. The Labute approximate surface area is 121 Å². The third kappa shape index (κ3) is 3.00. The van der Waals surface area contributed by atoms with Crippen LogP contribution >= 0.6 is 0 Å². The normalized spacial score (nSPS) is 10.0. The van der Waals surface area contributed by atoms with Crippen molar-refractivity contribution in [3.05, 3.63) is 58.1 Å². The second-order valence-corrected chi connectivity index (χ2v) is 4.38. The molecule has 6 nitrogen and oxygen atoms in total. The fraction of sp³-hybridized carbons (Fsp3) is 0.133. The van der Waals surface area contributed by atoms with Crippen LogP contribution in [0.3, 0.4) is 0 Å². The summed E-state index contributed by atoms with van der Waals surface area (Å²) in [5.74, 6) is 0.705. The van der Waals surface area contributed by atoms with Gasteiger partial charge in [0, 0.05) is 30.6 Å². The number of nitrogens with zero attached hydrogens (tertiary/aromatic N) is 2. The second-order valence-electron chi connectivity index (χ2n) is 4.38. The van der Waals surface area contributed by atoms with Gasteiger partial charge in [-0.3, -0.25) is 14.9 Å². The molecule has 108 valence electrons. The maximum atomic E-state index is 11.0. The lowest BCUT2D eigenvalue weighted by Crippen LogP contribution is -2.10. The standard InChI is InChI=1S/C15H14N2O4/c1-16(12-4-3-5-14(9-12)21-2)13-6-7-15(17(19)20)11(8-13)10-18/h3-10H,1-2H3. The summed E-state index contributed by atoms with van der Waals surface area (Å²) >= 11 is 0. The van der Waals surface area contributed by atoms with Crippen molar-refractivity contribution in [2.24, 2.45) is 0 Å². The Morgan fingerprint density at radius 3 is 2.52 bits per heavy atom. The van der Waals surface area contributed by atoms with E-state index in [9.17, 15) is 14.9 Å². The van der Waals surface area contributed by atoms with Gasteiger partial charge in [-0.2, -0.15) is 0 Å². The molecule has 0 N–H and O–H groups in total. The van der Waals surface area contributed by atoms with E-state index in [0.717, 1.165) is 5.69 Å². The summed E-state index contributed by atoms with van der Waals surface area (Å²) in [6.45, 7) is 0. The first-order valence-corrected chi connectivity index (χ1v) is 6.18. The molecule has 0 aliphatic carbocycles. The lowest BCUT2D eigenvalue weighted by atomic mass is 10.1. The van der Waals surface area contributed by atoms with Crippen LogP contribution in [-0.4, -0.2) is 25.4 Å². The highest BCUT2D eigenvalue weighted by atomic mass is 16.6. The van der Waals surface area contributed by atoms with Crippen molar-refractivity contribution in [1.29, 1.82) is 0 Å². The smallest absolute Gasteiger partial charge is 0.280 e. The summed E-state index contributed by atoms with van der Waals surface area (Å²) < 4.78 is 5.16. The fourth-order valence-electron chi connectivity index (χ4n) is 1.98. The lowest BCUT2D eigenvalue weighted by molar-refractivity contribution is -0.385. The minimum atomic E-state index is -0.570. The molecule has 2 rings (SSSR count). The molecule has 0 saturated heterocycles. The molecule has 0 atom stereocenters. The number of carbonyl (C=O) groups excluding carboxylic acids is 1. The number of carbonyl (C=O) groups is 1. The summed E-state index contributed by atoms with van der Waals surface area (Å²) in [4.78, 5) is 23.1. The zero-order valence-corrected chi connectivity index (χ0v) is 11.6. The lowest BCUT2D eigenvalue weighted by Gasteiger charge is -2.20. The molecule has 2 aromatic carbocycles. The minimum Gasteiger partial charge on any atom is -0.497 e. The summed E-state index contributed by atoms with van der Waals surface area (Å²) in [6.07, 6.45) is 0.487. The van der Waals surface area contributed by atoms with Crippen LogP contribution in [0.5, 0.6) is 5.75 Å². The predicted molar refractivity (Wildman–Crippen MR) is 79.5 cm³/mol. The molecule has 0 amide bonds. The van der Waals surface area contributed by atoms with Gasteiger partial charge in [-0.15, -0.1) is 0 Å². The van der Waals surface area contributed by atoms with E-state index >= 15 is 0 Å². The Balaban J connectivity index is 2.41. The highest BCUT2D eigenvalue weighted by molar-refractivity contribution is 5.84. The van der Waals surface area contributed by atoms with Gasteiger partial charge >= 0.3 is 0 Å². The average molecular weight is 286 g/mol. The Morgan fingerprint density at radius 1 is 1.19 bits per heavy atom. The Morgan fingerprint density at radius 2 is 1.90 bits per heavy atom. The van der Waals surface area contributed by atoms with Crippen molar-refractivity contribution in [1.82, 2.24) is 0 Å². The molecule has 0 aliphatic heterocycles. The summed E-state index contributed by atoms with van der Waals surface area (Å²) in [7, 11) is 3.39. The first-order chi connectivity index (χ1) is 10.1. The molecule has 0 fully saturated rings. The number of aldehydes is 1. The molecule has 0 spiro atoms. The number of nitro groups is 1. The van der Waals surface area contributed by atoms with Crippen molar-refractivity contribution in [3.8, 4) is 5.75 Å². The molecule has 6 heteroatoms. The van der Waals surface area contributed by atoms with Crippen molar-refractivity contribution in [3.63, 3.8) is 0 Å². The Kier molecular flexibility index (Phi) is 4.18. The van der Waals surface area contributed by atoms with E-state index < -0.39 is 4.92 Å². The Bertz CT molecular complexity index is 685. The highest BCUT2D eigenvalue weighted by Crippen LogP contribution is 2.29.